The van der Waals surface area contributed by atoms with Crippen LogP contribution in [0.5, 0.6) is 5.75 Å². The molecule has 2 amide bonds. The summed E-state index contributed by atoms with van der Waals surface area (Å²) >= 11 is 0. The Hall–Kier alpha value is -3.71. The number of ether oxygens (including phenoxy) is 2. The van der Waals surface area contributed by atoms with Crippen LogP contribution in [0.3, 0.4) is 0 Å². The molecular weight excluding hydrogens is 435 g/mol. The summed E-state index contributed by atoms with van der Waals surface area (Å²) in [4.78, 5) is 25.2. The highest BCUT2D eigenvalue weighted by atomic mass is 19.1. The molecule has 34 heavy (non-hydrogen) atoms. The van der Waals surface area contributed by atoms with Gasteiger partial charge in [-0.2, -0.15) is 0 Å². The molecule has 176 valence electrons. The van der Waals surface area contributed by atoms with Gasteiger partial charge in [0, 0.05) is 30.6 Å². The normalized spacial score (nSPS) is 14.2. The van der Waals surface area contributed by atoms with Gasteiger partial charge in [0.15, 0.2) is 0 Å². The van der Waals surface area contributed by atoms with Crippen molar-refractivity contribution in [2.24, 2.45) is 0 Å². The van der Waals surface area contributed by atoms with E-state index in [0.29, 0.717) is 62.6 Å². The molecule has 3 aromatic carbocycles. The van der Waals surface area contributed by atoms with Gasteiger partial charge < -0.3 is 20.1 Å². The zero-order valence-electron chi connectivity index (χ0n) is 18.8. The number of nitrogens with one attached hydrogen (secondary N) is 2. The lowest BCUT2D eigenvalue weighted by atomic mass is 9.99. The maximum absolute atomic E-state index is 13.1. The number of rotatable bonds is 4. The molecule has 3 aromatic rings. The predicted octanol–water partition coefficient (Wildman–Crippen LogP) is 3.53. The SMILES string of the molecule is O=C1NCCOCCOc2ccc(C(=O)NCCc3ccc(F)cc3)cc2Cc2cccc1c2. The van der Waals surface area contributed by atoms with Gasteiger partial charge in [-0.05, 0) is 65.6 Å². The number of amides is 2. The van der Waals surface area contributed by atoms with Crippen molar-refractivity contribution >= 4 is 11.8 Å². The largest absolute Gasteiger partial charge is 0.491 e. The van der Waals surface area contributed by atoms with Crippen LogP contribution >= 0.6 is 0 Å². The molecule has 7 heteroatoms. The van der Waals surface area contributed by atoms with E-state index in [0.717, 1.165) is 16.7 Å². The minimum atomic E-state index is -0.280. The van der Waals surface area contributed by atoms with E-state index in [2.05, 4.69) is 10.6 Å². The highest BCUT2D eigenvalue weighted by Crippen LogP contribution is 2.24. The summed E-state index contributed by atoms with van der Waals surface area (Å²) in [6, 6.07) is 19.0. The number of carbonyl (C=O) groups excluding carboxylic acids is 2. The molecule has 1 aliphatic heterocycles. The number of carbonyl (C=O) groups is 2. The molecule has 0 aromatic heterocycles. The number of fused-ring (bicyclic) bond motifs is 3. The maximum Gasteiger partial charge on any atom is 0.251 e. The molecule has 1 aliphatic rings. The third kappa shape index (κ3) is 6.42. The smallest absolute Gasteiger partial charge is 0.251 e. The van der Waals surface area contributed by atoms with E-state index >= 15 is 0 Å². The van der Waals surface area contributed by atoms with Gasteiger partial charge in [0.2, 0.25) is 0 Å². The van der Waals surface area contributed by atoms with Crippen molar-refractivity contribution in [3.63, 3.8) is 0 Å². The lowest BCUT2D eigenvalue weighted by Gasteiger charge is -2.15. The van der Waals surface area contributed by atoms with E-state index in [-0.39, 0.29) is 17.6 Å². The quantitative estimate of drug-likeness (QED) is 0.622. The Morgan fingerprint density at radius 2 is 1.85 bits per heavy atom. The van der Waals surface area contributed by atoms with Gasteiger partial charge in [0.05, 0.1) is 13.2 Å². The molecule has 6 nitrogen and oxygen atoms in total. The second-order valence-electron chi connectivity index (χ2n) is 8.05. The van der Waals surface area contributed by atoms with Crippen molar-refractivity contribution in [2.75, 3.05) is 32.9 Å². The lowest BCUT2D eigenvalue weighted by molar-refractivity contribution is 0.0865. The minimum absolute atomic E-state index is 0.145. The first-order valence-corrected chi connectivity index (χ1v) is 11.3. The van der Waals surface area contributed by atoms with Crippen molar-refractivity contribution in [2.45, 2.75) is 12.8 Å². The second kappa shape index (κ2) is 11.4. The molecule has 0 spiro atoms. The number of hydrogen-bond acceptors (Lipinski definition) is 4. The van der Waals surface area contributed by atoms with Gasteiger partial charge >= 0.3 is 0 Å². The molecule has 2 bridgehead atoms. The summed E-state index contributed by atoms with van der Waals surface area (Å²) in [5.41, 5.74) is 3.84. The molecule has 0 radical (unpaired) electrons. The fourth-order valence-electron chi connectivity index (χ4n) is 3.77. The highest BCUT2D eigenvalue weighted by Gasteiger charge is 2.13. The monoisotopic (exact) mass is 462 g/mol. The Morgan fingerprint density at radius 3 is 2.71 bits per heavy atom. The topological polar surface area (TPSA) is 76.7 Å². The zero-order chi connectivity index (χ0) is 23.8. The molecule has 2 N–H and O–H groups in total. The molecular formula is C27H27FN2O4. The summed E-state index contributed by atoms with van der Waals surface area (Å²) in [5, 5.41) is 5.76. The number of hydrogen-bond donors (Lipinski definition) is 2. The molecule has 1 heterocycles. The number of benzene rings is 3. The van der Waals surface area contributed by atoms with Crippen molar-refractivity contribution in [1.82, 2.24) is 10.6 Å². The highest BCUT2D eigenvalue weighted by molar-refractivity contribution is 5.95. The predicted molar refractivity (Wildman–Crippen MR) is 127 cm³/mol. The van der Waals surface area contributed by atoms with Gasteiger partial charge in [-0.25, -0.2) is 4.39 Å². The Bertz CT molecular complexity index is 1150. The Kier molecular flexibility index (Phi) is 7.88. The Balaban J connectivity index is 1.50. The van der Waals surface area contributed by atoms with E-state index in [1.807, 2.05) is 24.3 Å². The Labute approximate surface area is 198 Å². The van der Waals surface area contributed by atoms with Crippen molar-refractivity contribution in [3.8, 4) is 5.75 Å². The van der Waals surface area contributed by atoms with Crippen molar-refractivity contribution in [1.29, 1.82) is 0 Å². The molecule has 0 unspecified atom stereocenters. The van der Waals surface area contributed by atoms with Crippen LogP contribution in [-0.2, 0) is 17.6 Å². The summed E-state index contributed by atoms with van der Waals surface area (Å²) in [5.74, 6) is 0.0601. The van der Waals surface area contributed by atoms with E-state index in [9.17, 15) is 14.0 Å². The fourth-order valence-corrected chi connectivity index (χ4v) is 3.77. The molecule has 0 saturated carbocycles. The van der Waals surface area contributed by atoms with Gasteiger partial charge in [-0.3, -0.25) is 9.59 Å². The van der Waals surface area contributed by atoms with E-state index in [4.69, 9.17) is 9.47 Å². The molecule has 0 saturated heterocycles. The summed E-state index contributed by atoms with van der Waals surface area (Å²) < 4.78 is 24.5. The van der Waals surface area contributed by atoms with Crippen molar-refractivity contribution < 1.29 is 23.5 Å². The van der Waals surface area contributed by atoms with Crippen LogP contribution in [0.15, 0.2) is 66.7 Å². The molecule has 0 atom stereocenters. The van der Waals surface area contributed by atoms with Crippen molar-refractivity contribution in [3.05, 3.63) is 100 Å². The first kappa shape index (κ1) is 23.4. The standard InChI is InChI=1S/C27H27FN2O4/c28-24-7-4-19(5-8-24)10-11-29-27(32)22-6-9-25-23(18-22)17-20-2-1-3-21(16-20)26(31)30-12-13-33-14-15-34-25/h1-9,16,18H,10-15,17H2,(H,29,32)(H,30,31). The van der Waals surface area contributed by atoms with E-state index in [1.165, 1.54) is 12.1 Å². The van der Waals surface area contributed by atoms with Crippen LogP contribution in [0.1, 0.15) is 37.4 Å². The van der Waals surface area contributed by atoms with Gasteiger partial charge in [0.1, 0.15) is 18.2 Å². The second-order valence-corrected chi connectivity index (χ2v) is 8.05. The van der Waals surface area contributed by atoms with Crippen LogP contribution in [-0.4, -0.2) is 44.7 Å². The molecule has 0 fully saturated rings. The lowest BCUT2D eigenvalue weighted by Crippen LogP contribution is -2.28. The van der Waals surface area contributed by atoms with Gasteiger partial charge in [-0.1, -0.05) is 24.3 Å². The average molecular weight is 463 g/mol. The van der Waals surface area contributed by atoms with Crippen LogP contribution in [0, 0.1) is 5.82 Å². The average Bonchev–Trinajstić information content (AvgIpc) is 2.85. The van der Waals surface area contributed by atoms with Crippen LogP contribution in [0.25, 0.3) is 0 Å². The molecule has 4 rings (SSSR count). The summed E-state index contributed by atoms with van der Waals surface area (Å²) in [6.07, 6.45) is 1.11. The Morgan fingerprint density at radius 1 is 1.00 bits per heavy atom. The third-order valence-corrected chi connectivity index (χ3v) is 5.54. The zero-order valence-corrected chi connectivity index (χ0v) is 18.8. The summed E-state index contributed by atoms with van der Waals surface area (Å²) in [6.45, 7) is 2.03. The van der Waals surface area contributed by atoms with Crippen LogP contribution in [0.4, 0.5) is 4.39 Å². The van der Waals surface area contributed by atoms with Crippen LogP contribution < -0.4 is 15.4 Å². The maximum atomic E-state index is 13.1. The molecule has 0 aliphatic carbocycles. The fraction of sp³-hybridized carbons (Fsp3) is 0.259. The minimum Gasteiger partial charge on any atom is -0.491 e. The third-order valence-electron chi connectivity index (χ3n) is 5.54. The van der Waals surface area contributed by atoms with Gasteiger partial charge in [0.25, 0.3) is 11.8 Å². The first-order chi connectivity index (χ1) is 16.6. The number of halogens is 1. The summed E-state index contributed by atoms with van der Waals surface area (Å²) in [7, 11) is 0. The van der Waals surface area contributed by atoms with Crippen LogP contribution in [0.2, 0.25) is 0 Å². The van der Waals surface area contributed by atoms with E-state index < -0.39 is 0 Å². The van der Waals surface area contributed by atoms with Gasteiger partial charge in [-0.15, -0.1) is 0 Å². The first-order valence-electron chi connectivity index (χ1n) is 11.3. The van der Waals surface area contributed by atoms with E-state index in [1.54, 1.807) is 30.3 Å².